The van der Waals surface area contributed by atoms with Gasteiger partial charge in [-0.1, -0.05) is 6.92 Å². The van der Waals surface area contributed by atoms with E-state index in [1.165, 1.54) is 24.6 Å². The maximum atomic E-state index is 11.7. The number of esters is 1. The van der Waals surface area contributed by atoms with E-state index in [2.05, 4.69) is 0 Å². The Bertz CT molecular complexity index is 225. The van der Waals surface area contributed by atoms with Gasteiger partial charge in [-0.25, -0.2) is 0 Å². The van der Waals surface area contributed by atoms with Gasteiger partial charge in [0.05, 0.1) is 18.5 Å². The highest BCUT2D eigenvalue weighted by Gasteiger charge is 2.27. The highest BCUT2D eigenvalue weighted by Crippen LogP contribution is 2.20. The van der Waals surface area contributed by atoms with Gasteiger partial charge >= 0.3 is 5.97 Å². The average Bonchev–Trinajstić information content (AvgIpc) is 2.30. The van der Waals surface area contributed by atoms with Crippen LogP contribution in [0.15, 0.2) is 0 Å². The standard InChI is InChI=1S/C12H23NO2S/c1-4-12(2,3)11(14)15-8-5-13-6-9-16-10-7-13/h4-10H2,1-3H3/p+1. The molecule has 0 unspecified atom stereocenters. The number of ether oxygens (including phenoxy) is 1. The third kappa shape index (κ3) is 4.34. The van der Waals surface area contributed by atoms with Crippen LogP contribution in [0.5, 0.6) is 0 Å². The van der Waals surface area contributed by atoms with Crippen molar-refractivity contribution in [1.29, 1.82) is 0 Å². The normalized spacial score (nSPS) is 18.4. The van der Waals surface area contributed by atoms with Crippen molar-refractivity contribution in [3.63, 3.8) is 0 Å². The third-order valence-corrected chi connectivity index (χ3v) is 4.31. The molecule has 0 aromatic carbocycles. The Morgan fingerprint density at radius 3 is 2.56 bits per heavy atom. The molecule has 0 aliphatic carbocycles. The molecule has 0 spiro atoms. The molecule has 0 amide bonds. The molecule has 1 saturated heterocycles. The first-order chi connectivity index (χ1) is 7.56. The van der Waals surface area contributed by atoms with Crippen LogP contribution in [-0.4, -0.2) is 43.7 Å². The summed E-state index contributed by atoms with van der Waals surface area (Å²) >= 11 is 2.02. The summed E-state index contributed by atoms with van der Waals surface area (Å²) in [5, 5.41) is 0. The molecule has 0 bridgehead atoms. The molecule has 0 saturated carbocycles. The van der Waals surface area contributed by atoms with Crippen LogP contribution in [0.3, 0.4) is 0 Å². The second-order valence-corrected chi connectivity index (χ2v) is 6.21. The summed E-state index contributed by atoms with van der Waals surface area (Å²) in [6.07, 6.45) is 0.832. The smallest absolute Gasteiger partial charge is 0.311 e. The first-order valence-corrected chi connectivity index (χ1v) is 7.30. The molecule has 1 aliphatic rings. The Labute approximate surface area is 103 Å². The van der Waals surface area contributed by atoms with Gasteiger partial charge in [0, 0.05) is 11.5 Å². The molecule has 0 atom stereocenters. The summed E-state index contributed by atoms with van der Waals surface area (Å²) in [7, 11) is 0. The maximum absolute atomic E-state index is 11.7. The first kappa shape index (κ1) is 13.8. The lowest BCUT2D eigenvalue weighted by molar-refractivity contribution is -0.896. The molecule has 4 heteroatoms. The zero-order valence-corrected chi connectivity index (χ0v) is 11.5. The van der Waals surface area contributed by atoms with Gasteiger partial charge in [0.2, 0.25) is 0 Å². The summed E-state index contributed by atoms with van der Waals surface area (Å²) in [5.74, 6) is 2.42. The van der Waals surface area contributed by atoms with Gasteiger partial charge in [-0.15, -0.1) is 0 Å². The van der Waals surface area contributed by atoms with E-state index in [1.54, 1.807) is 4.90 Å². The fourth-order valence-corrected chi connectivity index (χ4v) is 2.61. The lowest BCUT2D eigenvalue weighted by Crippen LogP contribution is -3.14. The summed E-state index contributed by atoms with van der Waals surface area (Å²) in [4.78, 5) is 13.3. The second kappa shape index (κ2) is 6.50. The Kier molecular flexibility index (Phi) is 5.62. The van der Waals surface area contributed by atoms with Crippen molar-refractivity contribution in [1.82, 2.24) is 0 Å². The first-order valence-electron chi connectivity index (χ1n) is 6.15. The largest absolute Gasteiger partial charge is 0.459 e. The number of hydrogen-bond donors (Lipinski definition) is 1. The minimum absolute atomic E-state index is 0.0548. The zero-order chi connectivity index (χ0) is 12.0. The third-order valence-electron chi connectivity index (χ3n) is 3.33. The van der Waals surface area contributed by atoms with Crippen LogP contribution in [-0.2, 0) is 9.53 Å². The van der Waals surface area contributed by atoms with Gasteiger partial charge < -0.3 is 9.64 Å². The summed E-state index contributed by atoms with van der Waals surface area (Å²) in [5.41, 5.74) is -0.326. The van der Waals surface area contributed by atoms with Crippen LogP contribution < -0.4 is 4.90 Å². The number of nitrogens with one attached hydrogen (secondary N) is 1. The van der Waals surface area contributed by atoms with Crippen molar-refractivity contribution < 1.29 is 14.4 Å². The van der Waals surface area contributed by atoms with Gasteiger partial charge in [-0.2, -0.15) is 11.8 Å². The van der Waals surface area contributed by atoms with Gasteiger partial charge in [0.25, 0.3) is 0 Å². The van der Waals surface area contributed by atoms with Crippen LogP contribution in [0.1, 0.15) is 27.2 Å². The van der Waals surface area contributed by atoms with Crippen molar-refractivity contribution in [3.8, 4) is 0 Å². The highest BCUT2D eigenvalue weighted by molar-refractivity contribution is 7.99. The predicted molar refractivity (Wildman–Crippen MR) is 67.9 cm³/mol. The van der Waals surface area contributed by atoms with Gasteiger partial charge in [-0.3, -0.25) is 4.79 Å². The molecular formula is C12H24NO2S+. The Morgan fingerprint density at radius 1 is 1.38 bits per heavy atom. The quantitative estimate of drug-likeness (QED) is 0.721. The van der Waals surface area contributed by atoms with E-state index in [0.717, 1.165) is 13.0 Å². The summed E-state index contributed by atoms with van der Waals surface area (Å²) in [6.45, 7) is 9.86. The highest BCUT2D eigenvalue weighted by atomic mass is 32.2. The monoisotopic (exact) mass is 246 g/mol. The molecule has 1 aliphatic heterocycles. The van der Waals surface area contributed by atoms with Crippen LogP contribution in [0.4, 0.5) is 0 Å². The van der Waals surface area contributed by atoms with Gasteiger partial charge in [0.1, 0.15) is 13.2 Å². The van der Waals surface area contributed by atoms with Gasteiger partial charge in [0.15, 0.2) is 0 Å². The molecule has 1 rings (SSSR count). The summed E-state index contributed by atoms with van der Waals surface area (Å²) < 4.78 is 5.33. The van der Waals surface area contributed by atoms with Crippen molar-refractivity contribution in [2.45, 2.75) is 27.2 Å². The van der Waals surface area contributed by atoms with E-state index in [4.69, 9.17) is 4.74 Å². The van der Waals surface area contributed by atoms with Crippen molar-refractivity contribution in [2.24, 2.45) is 5.41 Å². The minimum Gasteiger partial charge on any atom is -0.459 e. The number of quaternary nitrogens is 1. The molecule has 3 nitrogen and oxygen atoms in total. The molecule has 0 radical (unpaired) electrons. The molecule has 1 fully saturated rings. The number of rotatable bonds is 5. The molecule has 0 aromatic heterocycles. The fourth-order valence-electron chi connectivity index (χ4n) is 1.54. The lowest BCUT2D eigenvalue weighted by atomic mass is 9.91. The number of hydrogen-bond acceptors (Lipinski definition) is 3. The van der Waals surface area contributed by atoms with Crippen LogP contribution in [0.25, 0.3) is 0 Å². The van der Waals surface area contributed by atoms with Crippen LogP contribution >= 0.6 is 11.8 Å². The van der Waals surface area contributed by atoms with Crippen molar-refractivity contribution in [3.05, 3.63) is 0 Å². The average molecular weight is 246 g/mol. The minimum atomic E-state index is -0.326. The van der Waals surface area contributed by atoms with E-state index in [9.17, 15) is 4.79 Å². The number of carbonyl (C=O) groups is 1. The number of carbonyl (C=O) groups excluding carboxylic acids is 1. The molecule has 1 N–H and O–H groups in total. The Hall–Kier alpha value is -0.220. The van der Waals surface area contributed by atoms with E-state index >= 15 is 0 Å². The number of thioether (sulfide) groups is 1. The predicted octanol–water partition coefficient (Wildman–Crippen LogP) is 0.598. The summed E-state index contributed by atoms with van der Waals surface area (Å²) in [6, 6.07) is 0. The van der Waals surface area contributed by atoms with E-state index in [-0.39, 0.29) is 11.4 Å². The second-order valence-electron chi connectivity index (χ2n) is 4.99. The molecule has 0 aromatic rings. The van der Waals surface area contributed by atoms with E-state index in [1.807, 2.05) is 32.5 Å². The van der Waals surface area contributed by atoms with Gasteiger partial charge in [-0.05, 0) is 20.3 Å². The van der Waals surface area contributed by atoms with Crippen molar-refractivity contribution >= 4 is 17.7 Å². The van der Waals surface area contributed by atoms with Crippen LogP contribution in [0.2, 0.25) is 0 Å². The molecule has 94 valence electrons. The van der Waals surface area contributed by atoms with Crippen LogP contribution in [0, 0.1) is 5.41 Å². The maximum Gasteiger partial charge on any atom is 0.311 e. The fraction of sp³-hybridized carbons (Fsp3) is 0.917. The molecule has 16 heavy (non-hydrogen) atoms. The zero-order valence-electron chi connectivity index (χ0n) is 10.7. The lowest BCUT2D eigenvalue weighted by Gasteiger charge is -2.24. The van der Waals surface area contributed by atoms with E-state index < -0.39 is 0 Å². The van der Waals surface area contributed by atoms with Crippen molar-refractivity contribution in [2.75, 3.05) is 37.7 Å². The SMILES string of the molecule is CCC(C)(C)C(=O)OCC[NH+]1CCSCC1. The topological polar surface area (TPSA) is 30.7 Å². The molecule has 1 heterocycles. The Balaban J connectivity index is 2.17. The van der Waals surface area contributed by atoms with E-state index in [0.29, 0.717) is 6.61 Å². The molecular weight excluding hydrogens is 222 g/mol. The Morgan fingerprint density at radius 2 is 2.00 bits per heavy atom.